The molecule has 0 fully saturated rings. The molecule has 4 atom stereocenters. The molecule has 1 aromatic rings. The highest BCUT2D eigenvalue weighted by molar-refractivity contribution is 5.96. The second-order valence-electron chi connectivity index (χ2n) is 9.11. The van der Waals surface area contributed by atoms with Gasteiger partial charge in [-0.05, 0) is 37.0 Å². The van der Waals surface area contributed by atoms with Gasteiger partial charge in [0.15, 0.2) is 0 Å². The molecule has 0 unspecified atom stereocenters. The van der Waals surface area contributed by atoms with Crippen LogP contribution in [0.5, 0.6) is 5.75 Å². The average molecular weight is 522 g/mol. The molecule has 13 heteroatoms. The fourth-order valence-corrected chi connectivity index (χ4v) is 3.39. The summed E-state index contributed by atoms with van der Waals surface area (Å²) < 4.78 is 0. The molecule has 0 aromatic heterocycles. The van der Waals surface area contributed by atoms with E-state index in [4.69, 9.17) is 10.8 Å². The molecule has 0 aliphatic rings. The molecule has 0 heterocycles. The normalized spacial score (nSPS) is 14.0. The SMILES string of the molecule is CC(=O)N[C@@H](C)C(=O)N[C@@H](CC(C)C)C(=O)N[C@@H](Cc1ccc(O)cc1)C(=O)N[C@@H](CC(=O)O)C(N)=O. The summed E-state index contributed by atoms with van der Waals surface area (Å²) in [5, 5.41) is 28.3. The smallest absolute Gasteiger partial charge is 0.305 e. The monoisotopic (exact) mass is 521 g/mol. The molecule has 0 bridgehead atoms. The number of rotatable bonds is 14. The van der Waals surface area contributed by atoms with Crippen molar-refractivity contribution in [2.45, 2.75) is 71.1 Å². The Bertz CT molecular complexity index is 995. The highest BCUT2D eigenvalue weighted by atomic mass is 16.4. The first kappa shape index (κ1) is 30.9. The fourth-order valence-electron chi connectivity index (χ4n) is 3.39. The molecule has 0 spiro atoms. The summed E-state index contributed by atoms with van der Waals surface area (Å²) in [6.07, 6.45) is -0.629. The van der Waals surface area contributed by atoms with Crippen molar-refractivity contribution in [2.75, 3.05) is 0 Å². The van der Waals surface area contributed by atoms with Crippen molar-refractivity contribution in [3.05, 3.63) is 29.8 Å². The molecule has 0 radical (unpaired) electrons. The van der Waals surface area contributed by atoms with E-state index in [0.717, 1.165) is 0 Å². The van der Waals surface area contributed by atoms with Crippen LogP contribution >= 0.6 is 0 Å². The molecule has 1 aromatic carbocycles. The molecule has 8 N–H and O–H groups in total. The predicted octanol–water partition coefficient (Wildman–Crippen LogP) is -1.08. The largest absolute Gasteiger partial charge is 0.508 e. The topological polar surface area (TPSA) is 217 Å². The first-order valence-corrected chi connectivity index (χ1v) is 11.7. The van der Waals surface area contributed by atoms with Crippen molar-refractivity contribution < 1.29 is 39.0 Å². The lowest BCUT2D eigenvalue weighted by molar-refractivity contribution is -0.140. The van der Waals surface area contributed by atoms with Crippen LogP contribution in [0.3, 0.4) is 0 Å². The molecule has 37 heavy (non-hydrogen) atoms. The molecule has 13 nitrogen and oxygen atoms in total. The van der Waals surface area contributed by atoms with Crippen molar-refractivity contribution in [3.63, 3.8) is 0 Å². The van der Waals surface area contributed by atoms with E-state index in [9.17, 15) is 33.9 Å². The van der Waals surface area contributed by atoms with Crippen LogP contribution in [-0.2, 0) is 35.2 Å². The Kier molecular flexibility index (Phi) is 12.0. The maximum absolute atomic E-state index is 13.2. The Morgan fingerprint density at radius 3 is 1.81 bits per heavy atom. The molecular weight excluding hydrogens is 486 g/mol. The number of carbonyl (C=O) groups excluding carboxylic acids is 5. The van der Waals surface area contributed by atoms with Crippen LogP contribution in [0.2, 0.25) is 0 Å². The summed E-state index contributed by atoms with van der Waals surface area (Å²) in [4.78, 5) is 72.7. The van der Waals surface area contributed by atoms with Crippen LogP contribution in [0.1, 0.15) is 46.1 Å². The number of hydrogen-bond donors (Lipinski definition) is 7. The van der Waals surface area contributed by atoms with E-state index in [1.54, 1.807) is 0 Å². The summed E-state index contributed by atoms with van der Waals surface area (Å²) in [5.41, 5.74) is 5.75. The molecule has 0 saturated carbocycles. The minimum absolute atomic E-state index is 0.0166. The van der Waals surface area contributed by atoms with E-state index in [-0.39, 0.29) is 24.5 Å². The van der Waals surface area contributed by atoms with Crippen molar-refractivity contribution in [1.82, 2.24) is 21.3 Å². The minimum Gasteiger partial charge on any atom is -0.508 e. The van der Waals surface area contributed by atoms with Crippen LogP contribution in [0.15, 0.2) is 24.3 Å². The van der Waals surface area contributed by atoms with Crippen molar-refractivity contribution in [2.24, 2.45) is 11.7 Å². The molecule has 0 saturated heterocycles. The summed E-state index contributed by atoms with van der Waals surface area (Å²) >= 11 is 0. The molecule has 0 aliphatic carbocycles. The number of aromatic hydroxyl groups is 1. The van der Waals surface area contributed by atoms with Gasteiger partial charge in [0.25, 0.3) is 0 Å². The van der Waals surface area contributed by atoms with Crippen LogP contribution in [0.25, 0.3) is 0 Å². The third kappa shape index (κ3) is 11.4. The molecule has 204 valence electrons. The summed E-state index contributed by atoms with van der Waals surface area (Å²) in [6, 6.07) is 1.02. The highest BCUT2D eigenvalue weighted by Gasteiger charge is 2.31. The van der Waals surface area contributed by atoms with Gasteiger partial charge in [-0.2, -0.15) is 0 Å². The van der Waals surface area contributed by atoms with Gasteiger partial charge in [-0.25, -0.2) is 0 Å². The third-order valence-corrected chi connectivity index (χ3v) is 5.20. The first-order chi connectivity index (χ1) is 17.2. The van der Waals surface area contributed by atoms with Gasteiger partial charge in [0.2, 0.25) is 29.5 Å². The van der Waals surface area contributed by atoms with Gasteiger partial charge < -0.3 is 37.2 Å². The van der Waals surface area contributed by atoms with E-state index in [1.807, 2.05) is 13.8 Å². The number of phenolic OH excluding ortho intramolecular Hbond substituents is 1. The van der Waals surface area contributed by atoms with Gasteiger partial charge in [-0.15, -0.1) is 0 Å². The van der Waals surface area contributed by atoms with E-state index in [1.165, 1.54) is 38.1 Å². The predicted molar refractivity (Wildman–Crippen MR) is 132 cm³/mol. The number of phenols is 1. The Morgan fingerprint density at radius 1 is 0.811 bits per heavy atom. The number of amides is 5. The lowest BCUT2D eigenvalue weighted by atomic mass is 10.0. The van der Waals surface area contributed by atoms with Crippen molar-refractivity contribution in [3.8, 4) is 5.75 Å². The zero-order valence-electron chi connectivity index (χ0n) is 21.2. The molecular formula is C24H35N5O8. The van der Waals surface area contributed by atoms with E-state index < -0.39 is 66.1 Å². The Morgan fingerprint density at radius 2 is 1.32 bits per heavy atom. The number of benzene rings is 1. The molecule has 5 amide bonds. The number of primary amides is 1. The van der Waals surface area contributed by atoms with E-state index >= 15 is 0 Å². The van der Waals surface area contributed by atoms with Crippen LogP contribution in [0.4, 0.5) is 0 Å². The van der Waals surface area contributed by atoms with Crippen LogP contribution in [-0.4, -0.2) is 69.9 Å². The number of carboxylic acid groups (broad SMARTS) is 1. The Balaban J connectivity index is 3.17. The van der Waals surface area contributed by atoms with Gasteiger partial charge in [0.1, 0.15) is 29.9 Å². The van der Waals surface area contributed by atoms with Gasteiger partial charge >= 0.3 is 5.97 Å². The van der Waals surface area contributed by atoms with Crippen LogP contribution in [0, 0.1) is 5.92 Å². The van der Waals surface area contributed by atoms with Gasteiger partial charge in [0.05, 0.1) is 6.42 Å². The minimum atomic E-state index is -1.52. The number of nitrogens with two attached hydrogens (primary N) is 1. The highest BCUT2D eigenvalue weighted by Crippen LogP contribution is 2.13. The zero-order valence-corrected chi connectivity index (χ0v) is 21.2. The molecule has 1 rings (SSSR count). The van der Waals surface area contributed by atoms with Gasteiger partial charge in [-0.3, -0.25) is 28.8 Å². The quantitative estimate of drug-likeness (QED) is 0.159. The standard InChI is InChI=1S/C24H35N5O8/c1-12(2)9-18(28-22(35)13(3)26-14(4)30)23(36)29-19(10-15-5-7-16(31)8-6-15)24(37)27-17(21(25)34)11-20(32)33/h5-8,12-13,17-19,31H,9-11H2,1-4H3,(H2,25,34)(H,26,30)(H,27,37)(H,28,35)(H,29,36)(H,32,33)/t13-,17-,18-,19-/m0/s1. The second-order valence-corrected chi connectivity index (χ2v) is 9.11. The summed E-state index contributed by atoms with van der Waals surface area (Å²) in [5.74, 6) is -5.09. The van der Waals surface area contributed by atoms with Gasteiger partial charge in [-0.1, -0.05) is 26.0 Å². The average Bonchev–Trinajstić information content (AvgIpc) is 2.77. The van der Waals surface area contributed by atoms with Gasteiger partial charge in [0, 0.05) is 13.3 Å². The summed E-state index contributed by atoms with van der Waals surface area (Å²) in [6.45, 7) is 6.36. The number of carbonyl (C=O) groups is 6. The van der Waals surface area contributed by atoms with Crippen molar-refractivity contribution >= 4 is 35.5 Å². The maximum Gasteiger partial charge on any atom is 0.305 e. The summed E-state index contributed by atoms with van der Waals surface area (Å²) in [7, 11) is 0. The number of hydrogen-bond acceptors (Lipinski definition) is 7. The van der Waals surface area contributed by atoms with Crippen LogP contribution < -0.4 is 27.0 Å². The Labute approximate surface area is 214 Å². The Hall–Kier alpha value is -4.16. The zero-order chi connectivity index (χ0) is 28.3. The van der Waals surface area contributed by atoms with E-state index in [0.29, 0.717) is 5.56 Å². The first-order valence-electron chi connectivity index (χ1n) is 11.7. The van der Waals surface area contributed by atoms with Crippen molar-refractivity contribution in [1.29, 1.82) is 0 Å². The fraction of sp³-hybridized carbons (Fsp3) is 0.500. The number of nitrogens with one attached hydrogen (secondary N) is 4. The maximum atomic E-state index is 13.2. The number of carboxylic acids is 1. The lowest BCUT2D eigenvalue weighted by Gasteiger charge is -2.26. The lowest BCUT2D eigenvalue weighted by Crippen LogP contribution is -2.58. The number of aliphatic carboxylic acids is 1. The van der Waals surface area contributed by atoms with E-state index in [2.05, 4.69) is 21.3 Å². The third-order valence-electron chi connectivity index (χ3n) is 5.20. The second kappa shape index (κ2) is 14.4. The molecule has 0 aliphatic heterocycles.